The summed E-state index contributed by atoms with van der Waals surface area (Å²) in [6.07, 6.45) is -0.823. The van der Waals surface area contributed by atoms with Gasteiger partial charge in [0.05, 0.1) is 6.10 Å². The van der Waals surface area contributed by atoms with Gasteiger partial charge in [-0.05, 0) is 16.8 Å². The van der Waals surface area contributed by atoms with E-state index >= 15 is 0 Å². The summed E-state index contributed by atoms with van der Waals surface area (Å²) in [6, 6.07) is 11.0. The summed E-state index contributed by atoms with van der Waals surface area (Å²) in [5.41, 5.74) is 5.91. The summed E-state index contributed by atoms with van der Waals surface area (Å²) >= 11 is 0. The predicted molar refractivity (Wildman–Crippen MR) is 59.6 cm³/mol. The van der Waals surface area contributed by atoms with Gasteiger partial charge in [0.25, 0.3) is 0 Å². The number of fused-ring (bicyclic) bond motifs is 1. The first-order chi connectivity index (χ1) is 7.24. The molecule has 0 aliphatic heterocycles. The molecule has 0 bridgehead atoms. The van der Waals surface area contributed by atoms with Crippen molar-refractivity contribution >= 4 is 10.8 Å². The molecule has 0 radical (unpaired) electrons. The number of phenols is 1. The van der Waals surface area contributed by atoms with Crippen LogP contribution < -0.4 is 5.73 Å². The first-order valence-corrected chi connectivity index (χ1v) is 4.83. The summed E-state index contributed by atoms with van der Waals surface area (Å²) in [5, 5.41) is 21.2. The minimum Gasteiger partial charge on any atom is -0.508 e. The zero-order valence-corrected chi connectivity index (χ0v) is 8.22. The van der Waals surface area contributed by atoms with Crippen LogP contribution in [0.4, 0.5) is 0 Å². The average Bonchev–Trinajstić information content (AvgIpc) is 2.28. The molecule has 3 heteroatoms. The summed E-state index contributed by atoms with van der Waals surface area (Å²) < 4.78 is 0. The molecule has 0 amide bonds. The van der Waals surface area contributed by atoms with Crippen molar-refractivity contribution < 1.29 is 10.2 Å². The minimum absolute atomic E-state index is 0.0895. The highest BCUT2D eigenvalue weighted by molar-refractivity contribution is 5.88. The minimum atomic E-state index is -0.823. The van der Waals surface area contributed by atoms with Crippen LogP contribution in [0.2, 0.25) is 0 Å². The second-order valence-corrected chi connectivity index (χ2v) is 3.47. The Morgan fingerprint density at radius 2 is 1.87 bits per heavy atom. The fourth-order valence-electron chi connectivity index (χ4n) is 1.75. The summed E-state index contributed by atoms with van der Waals surface area (Å²) in [6.45, 7) is 0.0988. The molecule has 2 rings (SSSR count). The topological polar surface area (TPSA) is 66.5 Å². The third kappa shape index (κ3) is 1.67. The second kappa shape index (κ2) is 3.88. The summed E-state index contributed by atoms with van der Waals surface area (Å²) in [4.78, 5) is 0. The highest BCUT2D eigenvalue weighted by Crippen LogP contribution is 2.31. The van der Waals surface area contributed by atoms with Crippen molar-refractivity contribution in [3.05, 3.63) is 42.0 Å². The number of phenolic OH excluding ortho intramolecular Hbond substituents is 1. The van der Waals surface area contributed by atoms with Gasteiger partial charge in [-0.2, -0.15) is 0 Å². The van der Waals surface area contributed by atoms with Crippen LogP contribution >= 0.6 is 0 Å². The number of aliphatic hydroxyl groups excluding tert-OH is 1. The van der Waals surface area contributed by atoms with E-state index in [2.05, 4.69) is 0 Å². The summed E-state index contributed by atoms with van der Waals surface area (Å²) in [7, 11) is 0. The molecule has 2 aromatic carbocycles. The van der Waals surface area contributed by atoms with Crippen molar-refractivity contribution in [2.45, 2.75) is 6.10 Å². The molecular formula is C12H13NO2. The van der Waals surface area contributed by atoms with E-state index in [9.17, 15) is 10.2 Å². The van der Waals surface area contributed by atoms with Crippen LogP contribution in [0.3, 0.4) is 0 Å². The van der Waals surface area contributed by atoms with Crippen LogP contribution in [0.15, 0.2) is 36.4 Å². The number of rotatable bonds is 2. The van der Waals surface area contributed by atoms with Gasteiger partial charge in [-0.15, -0.1) is 0 Å². The number of aliphatic hydroxyl groups is 1. The van der Waals surface area contributed by atoms with E-state index in [1.54, 1.807) is 6.07 Å². The number of hydrogen-bond donors (Lipinski definition) is 3. The second-order valence-electron chi connectivity index (χ2n) is 3.47. The van der Waals surface area contributed by atoms with Crippen molar-refractivity contribution in [2.24, 2.45) is 5.73 Å². The first kappa shape index (κ1) is 9.96. The van der Waals surface area contributed by atoms with Gasteiger partial charge >= 0.3 is 0 Å². The van der Waals surface area contributed by atoms with E-state index in [1.165, 1.54) is 0 Å². The molecule has 0 spiro atoms. The Bertz CT molecular complexity index is 482. The predicted octanol–water partition coefficient (Wildman–Crippen LogP) is 1.54. The van der Waals surface area contributed by atoms with Gasteiger partial charge in [0.2, 0.25) is 0 Å². The maximum Gasteiger partial charge on any atom is 0.122 e. The van der Waals surface area contributed by atoms with Gasteiger partial charge in [0.15, 0.2) is 0 Å². The Kier molecular flexibility index (Phi) is 2.58. The van der Waals surface area contributed by atoms with E-state index in [4.69, 9.17) is 5.73 Å². The SMILES string of the molecule is NC[C@H](O)c1c(O)ccc2ccccc12. The molecule has 0 aliphatic rings. The third-order valence-electron chi connectivity index (χ3n) is 2.50. The molecule has 0 saturated heterocycles. The molecule has 15 heavy (non-hydrogen) atoms. The van der Waals surface area contributed by atoms with Gasteiger partial charge in [-0.25, -0.2) is 0 Å². The van der Waals surface area contributed by atoms with Gasteiger partial charge < -0.3 is 15.9 Å². The quantitative estimate of drug-likeness (QED) is 0.693. The Morgan fingerprint density at radius 3 is 2.60 bits per heavy atom. The van der Waals surface area contributed by atoms with Crippen molar-refractivity contribution in [3.63, 3.8) is 0 Å². The highest BCUT2D eigenvalue weighted by atomic mass is 16.3. The molecule has 0 aliphatic carbocycles. The van der Waals surface area contributed by atoms with Crippen LogP contribution in [-0.2, 0) is 0 Å². The zero-order chi connectivity index (χ0) is 10.8. The lowest BCUT2D eigenvalue weighted by atomic mass is 9.99. The van der Waals surface area contributed by atoms with Crippen LogP contribution in [-0.4, -0.2) is 16.8 Å². The van der Waals surface area contributed by atoms with Crippen molar-refractivity contribution in [1.29, 1.82) is 0 Å². The van der Waals surface area contributed by atoms with Crippen LogP contribution in [0.25, 0.3) is 10.8 Å². The molecule has 1 atom stereocenters. The lowest BCUT2D eigenvalue weighted by Crippen LogP contribution is -2.12. The van der Waals surface area contributed by atoms with E-state index < -0.39 is 6.10 Å². The van der Waals surface area contributed by atoms with Gasteiger partial charge in [-0.1, -0.05) is 30.3 Å². The number of hydrogen-bond acceptors (Lipinski definition) is 3. The number of nitrogens with two attached hydrogens (primary N) is 1. The molecular weight excluding hydrogens is 190 g/mol. The monoisotopic (exact) mass is 203 g/mol. The Labute approximate surface area is 87.8 Å². The first-order valence-electron chi connectivity index (χ1n) is 4.83. The number of aromatic hydroxyl groups is 1. The zero-order valence-electron chi connectivity index (χ0n) is 8.22. The normalized spacial score (nSPS) is 12.9. The van der Waals surface area contributed by atoms with Gasteiger partial charge in [0, 0.05) is 12.1 Å². The van der Waals surface area contributed by atoms with E-state index in [0.29, 0.717) is 5.56 Å². The Hall–Kier alpha value is -1.58. The van der Waals surface area contributed by atoms with Gasteiger partial charge in [0.1, 0.15) is 5.75 Å². The van der Waals surface area contributed by atoms with E-state index in [1.807, 2.05) is 30.3 Å². The van der Waals surface area contributed by atoms with E-state index in [0.717, 1.165) is 10.8 Å². The van der Waals surface area contributed by atoms with Crippen molar-refractivity contribution in [1.82, 2.24) is 0 Å². The molecule has 4 N–H and O–H groups in total. The van der Waals surface area contributed by atoms with E-state index in [-0.39, 0.29) is 12.3 Å². The van der Waals surface area contributed by atoms with Crippen LogP contribution in [0.1, 0.15) is 11.7 Å². The molecule has 3 nitrogen and oxygen atoms in total. The average molecular weight is 203 g/mol. The lowest BCUT2D eigenvalue weighted by molar-refractivity contribution is 0.184. The highest BCUT2D eigenvalue weighted by Gasteiger charge is 2.13. The fourth-order valence-corrected chi connectivity index (χ4v) is 1.75. The standard InChI is InChI=1S/C12H13NO2/c13-7-11(15)12-9-4-2-1-3-8(9)5-6-10(12)14/h1-6,11,14-15H,7,13H2/t11-/m0/s1. The third-order valence-corrected chi connectivity index (χ3v) is 2.50. The Balaban J connectivity index is 2.74. The largest absolute Gasteiger partial charge is 0.508 e. The fraction of sp³-hybridized carbons (Fsp3) is 0.167. The van der Waals surface area contributed by atoms with Crippen LogP contribution in [0.5, 0.6) is 5.75 Å². The molecule has 0 saturated carbocycles. The molecule has 0 heterocycles. The molecule has 78 valence electrons. The Morgan fingerprint density at radius 1 is 1.13 bits per heavy atom. The maximum atomic E-state index is 9.72. The molecule has 0 fully saturated rings. The lowest BCUT2D eigenvalue weighted by Gasteiger charge is -2.13. The van der Waals surface area contributed by atoms with Crippen LogP contribution in [0, 0.1) is 0 Å². The number of benzene rings is 2. The molecule has 0 unspecified atom stereocenters. The molecule has 2 aromatic rings. The van der Waals surface area contributed by atoms with Crippen molar-refractivity contribution in [2.75, 3.05) is 6.54 Å². The van der Waals surface area contributed by atoms with Gasteiger partial charge in [-0.3, -0.25) is 0 Å². The summed E-state index contributed by atoms with van der Waals surface area (Å²) in [5.74, 6) is 0.0895. The molecule has 0 aromatic heterocycles. The maximum absolute atomic E-state index is 9.72. The smallest absolute Gasteiger partial charge is 0.122 e. The van der Waals surface area contributed by atoms with Crippen molar-refractivity contribution in [3.8, 4) is 5.75 Å².